The highest BCUT2D eigenvalue weighted by Gasteiger charge is 2.06. The zero-order valence-corrected chi connectivity index (χ0v) is 9.73. The first-order chi connectivity index (χ1) is 8.78. The lowest BCUT2D eigenvalue weighted by Crippen LogP contribution is -2.23. The molecule has 0 radical (unpaired) electrons. The molecule has 0 saturated heterocycles. The summed E-state index contributed by atoms with van der Waals surface area (Å²) in [6.45, 7) is 0.578. The lowest BCUT2D eigenvalue weighted by molar-refractivity contribution is 0.0893. The van der Waals surface area contributed by atoms with Crippen molar-refractivity contribution >= 4 is 0 Å². The molecule has 0 bridgehead atoms. The van der Waals surface area contributed by atoms with E-state index in [0.717, 1.165) is 0 Å². The molecule has 1 N–H and O–H groups in total. The molecule has 92 valence electrons. The van der Waals surface area contributed by atoms with E-state index < -0.39 is 6.10 Å². The fraction of sp³-hybridized carbons (Fsp3) is 0.231. The summed E-state index contributed by atoms with van der Waals surface area (Å²) < 4.78 is 7.06. The quantitative estimate of drug-likeness (QED) is 0.856. The lowest BCUT2D eigenvalue weighted by atomic mass is 10.2. The number of aliphatic hydroxyl groups is 1. The Morgan fingerprint density at radius 1 is 1.39 bits per heavy atom. The summed E-state index contributed by atoms with van der Waals surface area (Å²) in [5.74, 6) is 0.633. The molecule has 0 aliphatic carbocycles. The molecule has 2 rings (SSSR count). The van der Waals surface area contributed by atoms with E-state index in [1.54, 1.807) is 47.4 Å². The zero-order chi connectivity index (χ0) is 12.8. The van der Waals surface area contributed by atoms with Gasteiger partial charge in [-0.3, -0.25) is 4.68 Å². The highest BCUT2D eigenvalue weighted by molar-refractivity contribution is 5.34. The van der Waals surface area contributed by atoms with Crippen molar-refractivity contribution in [2.75, 3.05) is 6.61 Å². The molecule has 0 aliphatic rings. The summed E-state index contributed by atoms with van der Waals surface area (Å²) >= 11 is 0. The summed E-state index contributed by atoms with van der Waals surface area (Å²) in [7, 11) is 0. The Balaban J connectivity index is 1.81. The van der Waals surface area contributed by atoms with Gasteiger partial charge in [0.1, 0.15) is 18.5 Å². The molecule has 0 spiro atoms. The van der Waals surface area contributed by atoms with Crippen molar-refractivity contribution < 1.29 is 9.84 Å². The maximum absolute atomic E-state index is 9.74. The van der Waals surface area contributed by atoms with Crippen LogP contribution < -0.4 is 4.74 Å². The smallest absolute Gasteiger partial charge is 0.119 e. The second kappa shape index (κ2) is 5.84. The van der Waals surface area contributed by atoms with E-state index >= 15 is 0 Å². The number of ether oxygens (including phenoxy) is 1. The van der Waals surface area contributed by atoms with Gasteiger partial charge >= 0.3 is 0 Å². The number of hydrogen-bond donors (Lipinski definition) is 1. The van der Waals surface area contributed by atoms with Gasteiger partial charge in [-0.2, -0.15) is 10.4 Å². The van der Waals surface area contributed by atoms with Crippen LogP contribution in [-0.2, 0) is 6.54 Å². The van der Waals surface area contributed by atoms with E-state index in [2.05, 4.69) is 5.10 Å². The maximum Gasteiger partial charge on any atom is 0.119 e. The third kappa shape index (κ3) is 3.34. The van der Waals surface area contributed by atoms with Crippen molar-refractivity contribution in [2.24, 2.45) is 0 Å². The first-order valence-corrected chi connectivity index (χ1v) is 5.56. The van der Waals surface area contributed by atoms with Crippen LogP contribution in [0.4, 0.5) is 0 Å². The maximum atomic E-state index is 9.74. The van der Waals surface area contributed by atoms with Gasteiger partial charge in [-0.25, -0.2) is 0 Å². The number of aliphatic hydroxyl groups excluding tert-OH is 1. The van der Waals surface area contributed by atoms with Crippen molar-refractivity contribution in [1.82, 2.24) is 9.78 Å². The van der Waals surface area contributed by atoms with Gasteiger partial charge in [-0.15, -0.1) is 0 Å². The minimum Gasteiger partial charge on any atom is -0.491 e. The van der Waals surface area contributed by atoms with E-state index in [1.807, 2.05) is 6.07 Å². The molecular formula is C13H13N3O2. The Morgan fingerprint density at radius 3 is 2.78 bits per heavy atom. The van der Waals surface area contributed by atoms with Gasteiger partial charge in [0.05, 0.1) is 18.2 Å². The second-order valence-electron chi connectivity index (χ2n) is 3.83. The molecule has 18 heavy (non-hydrogen) atoms. The second-order valence-corrected chi connectivity index (χ2v) is 3.83. The largest absolute Gasteiger partial charge is 0.491 e. The van der Waals surface area contributed by atoms with Crippen molar-refractivity contribution in [1.29, 1.82) is 5.26 Å². The highest BCUT2D eigenvalue weighted by atomic mass is 16.5. The topological polar surface area (TPSA) is 71.1 Å². The average Bonchev–Trinajstić information content (AvgIpc) is 2.90. The van der Waals surface area contributed by atoms with E-state index in [-0.39, 0.29) is 6.61 Å². The summed E-state index contributed by atoms with van der Waals surface area (Å²) in [5, 5.41) is 22.4. The van der Waals surface area contributed by atoms with Gasteiger partial charge in [-0.1, -0.05) is 0 Å². The van der Waals surface area contributed by atoms with E-state index in [9.17, 15) is 5.11 Å². The first kappa shape index (κ1) is 12.1. The van der Waals surface area contributed by atoms with Gasteiger partial charge in [-0.05, 0) is 30.3 Å². The van der Waals surface area contributed by atoms with Crippen LogP contribution in [0.2, 0.25) is 0 Å². The fourth-order valence-corrected chi connectivity index (χ4v) is 1.50. The number of aromatic nitrogens is 2. The molecule has 0 amide bonds. The van der Waals surface area contributed by atoms with E-state index in [0.29, 0.717) is 17.9 Å². The fourth-order valence-electron chi connectivity index (χ4n) is 1.50. The first-order valence-electron chi connectivity index (χ1n) is 5.56. The Bertz CT molecular complexity index is 514. The summed E-state index contributed by atoms with van der Waals surface area (Å²) in [6.07, 6.45) is 2.82. The zero-order valence-electron chi connectivity index (χ0n) is 9.73. The predicted octanol–water partition coefficient (Wildman–Crippen LogP) is 1.19. The molecule has 5 heteroatoms. The molecule has 0 fully saturated rings. The van der Waals surface area contributed by atoms with E-state index in [4.69, 9.17) is 10.00 Å². The average molecular weight is 243 g/mol. The van der Waals surface area contributed by atoms with Gasteiger partial charge in [0.15, 0.2) is 0 Å². The van der Waals surface area contributed by atoms with E-state index in [1.165, 1.54) is 0 Å². The summed E-state index contributed by atoms with van der Waals surface area (Å²) in [5.41, 5.74) is 0.583. The van der Waals surface area contributed by atoms with Gasteiger partial charge < -0.3 is 9.84 Å². The van der Waals surface area contributed by atoms with Crippen LogP contribution in [0.3, 0.4) is 0 Å². The standard InChI is InChI=1S/C13H13N3O2/c14-8-11-2-4-13(5-3-11)18-10-12(17)9-16-7-1-6-15-16/h1-7,12,17H,9-10H2. The highest BCUT2D eigenvalue weighted by Crippen LogP contribution is 2.11. The van der Waals surface area contributed by atoms with Crippen LogP contribution in [0.25, 0.3) is 0 Å². The van der Waals surface area contributed by atoms with Gasteiger partial charge in [0.2, 0.25) is 0 Å². The van der Waals surface area contributed by atoms with Crippen LogP contribution in [0, 0.1) is 11.3 Å². The van der Waals surface area contributed by atoms with Gasteiger partial charge in [0, 0.05) is 12.4 Å². The van der Waals surface area contributed by atoms with Crippen LogP contribution >= 0.6 is 0 Å². The minimum atomic E-state index is -0.624. The van der Waals surface area contributed by atoms with Crippen molar-refractivity contribution in [2.45, 2.75) is 12.6 Å². The Labute approximate surface area is 105 Å². The number of benzene rings is 1. The molecular weight excluding hydrogens is 230 g/mol. The Hall–Kier alpha value is -2.32. The number of nitriles is 1. The lowest BCUT2D eigenvalue weighted by Gasteiger charge is -2.12. The number of rotatable bonds is 5. The summed E-state index contributed by atoms with van der Waals surface area (Å²) in [4.78, 5) is 0. The van der Waals surface area contributed by atoms with Crippen LogP contribution in [-0.4, -0.2) is 27.6 Å². The minimum absolute atomic E-state index is 0.186. The molecule has 1 aromatic carbocycles. The number of hydrogen-bond acceptors (Lipinski definition) is 4. The molecule has 1 unspecified atom stereocenters. The van der Waals surface area contributed by atoms with Crippen molar-refractivity contribution in [3.8, 4) is 11.8 Å². The molecule has 0 aliphatic heterocycles. The van der Waals surface area contributed by atoms with Crippen LogP contribution in [0.1, 0.15) is 5.56 Å². The third-order valence-corrected chi connectivity index (χ3v) is 2.38. The monoisotopic (exact) mass is 243 g/mol. The molecule has 2 aromatic rings. The van der Waals surface area contributed by atoms with Crippen LogP contribution in [0.15, 0.2) is 42.7 Å². The van der Waals surface area contributed by atoms with Crippen molar-refractivity contribution in [3.05, 3.63) is 48.3 Å². The molecule has 0 saturated carbocycles. The molecule has 1 aromatic heterocycles. The number of nitrogens with zero attached hydrogens (tertiary/aromatic N) is 3. The van der Waals surface area contributed by atoms with Gasteiger partial charge in [0.25, 0.3) is 0 Å². The molecule has 1 heterocycles. The Morgan fingerprint density at radius 2 is 2.17 bits per heavy atom. The molecule has 1 atom stereocenters. The van der Waals surface area contributed by atoms with Crippen molar-refractivity contribution in [3.63, 3.8) is 0 Å². The normalized spacial score (nSPS) is 11.8. The summed E-state index contributed by atoms with van der Waals surface area (Å²) in [6, 6.07) is 10.6. The van der Waals surface area contributed by atoms with Crippen LogP contribution in [0.5, 0.6) is 5.75 Å². The third-order valence-electron chi connectivity index (χ3n) is 2.38. The Kier molecular flexibility index (Phi) is 3.94. The predicted molar refractivity (Wildman–Crippen MR) is 64.9 cm³/mol. The molecule has 5 nitrogen and oxygen atoms in total. The SMILES string of the molecule is N#Cc1ccc(OCC(O)Cn2cccn2)cc1.